The maximum Gasteiger partial charge on any atom is 0.265 e. The monoisotopic (exact) mass is 684 g/mol. The summed E-state index contributed by atoms with van der Waals surface area (Å²) in [6.07, 6.45) is 5.00. The molecule has 2 N–H and O–H groups in total. The largest absolute Gasteiger partial charge is 0.497 e. The van der Waals surface area contributed by atoms with E-state index in [9.17, 15) is 8.42 Å². The molecule has 10 nitrogen and oxygen atoms in total. The second-order valence-corrected chi connectivity index (χ2v) is 15.2. The third-order valence-electron chi connectivity index (χ3n) is 10.2. The molecule has 3 aromatic carbocycles. The first-order chi connectivity index (χ1) is 23.5. The summed E-state index contributed by atoms with van der Waals surface area (Å²) in [5.74, 6) is 1.52. The van der Waals surface area contributed by atoms with Gasteiger partial charge in [-0.1, -0.05) is 48.5 Å². The van der Waals surface area contributed by atoms with Crippen molar-refractivity contribution in [2.45, 2.75) is 62.0 Å². The molecule has 0 saturated carbocycles. The summed E-state index contributed by atoms with van der Waals surface area (Å²) >= 11 is 0. The molecule has 0 aliphatic carbocycles. The number of hydrogen-bond donors (Lipinski definition) is 1. The normalized spacial score (nSPS) is 18.3. The van der Waals surface area contributed by atoms with E-state index in [-0.39, 0.29) is 23.1 Å². The Bertz CT molecular complexity index is 1840. The highest BCUT2D eigenvalue weighted by molar-refractivity contribution is 7.93. The summed E-state index contributed by atoms with van der Waals surface area (Å²) in [6, 6.07) is 22.8. The number of benzene rings is 3. The van der Waals surface area contributed by atoms with E-state index in [2.05, 4.69) is 64.2 Å². The Hall–Kier alpha value is -4.03. The molecule has 0 bridgehead atoms. The quantitative estimate of drug-likeness (QED) is 0.214. The zero-order valence-corrected chi connectivity index (χ0v) is 30.0. The number of aryl methyl sites for hydroxylation is 2. The molecule has 11 heteroatoms. The highest BCUT2D eigenvalue weighted by Gasteiger charge is 2.41. The van der Waals surface area contributed by atoms with Crippen LogP contribution in [-0.2, 0) is 22.0 Å². The number of piperidine rings is 1. The van der Waals surface area contributed by atoms with E-state index >= 15 is 0 Å². The molecular weight excluding hydrogens is 637 g/mol. The van der Waals surface area contributed by atoms with Crippen LogP contribution >= 0.6 is 0 Å². The van der Waals surface area contributed by atoms with Gasteiger partial charge in [0.1, 0.15) is 18.2 Å². The van der Waals surface area contributed by atoms with Gasteiger partial charge in [0.05, 0.1) is 29.8 Å². The number of anilines is 1. The first-order valence-electron chi connectivity index (χ1n) is 17.0. The minimum Gasteiger partial charge on any atom is -0.497 e. The van der Waals surface area contributed by atoms with Gasteiger partial charge in [-0.2, -0.15) is 4.98 Å². The van der Waals surface area contributed by atoms with Crippen LogP contribution in [0.4, 0.5) is 5.69 Å². The molecule has 1 fully saturated rings. The molecule has 4 aromatic rings. The fraction of sp³-hybridized carbons (Fsp3) is 0.421. The van der Waals surface area contributed by atoms with Crippen LogP contribution in [0.2, 0.25) is 0 Å². The van der Waals surface area contributed by atoms with E-state index in [1.165, 1.54) is 9.87 Å². The summed E-state index contributed by atoms with van der Waals surface area (Å²) in [7, 11) is 2.01. The van der Waals surface area contributed by atoms with E-state index in [0.29, 0.717) is 47.1 Å². The van der Waals surface area contributed by atoms with Crippen molar-refractivity contribution >= 4 is 15.7 Å². The van der Waals surface area contributed by atoms with Crippen LogP contribution in [-0.4, -0.2) is 81.7 Å². The number of aromatic nitrogens is 2. The minimum absolute atomic E-state index is 0.0382. The lowest BCUT2D eigenvalue weighted by Gasteiger charge is -2.46. The van der Waals surface area contributed by atoms with Crippen LogP contribution in [0.15, 0.2) is 83.9 Å². The van der Waals surface area contributed by atoms with Gasteiger partial charge in [-0.15, -0.1) is 0 Å². The third kappa shape index (κ3) is 7.03. The van der Waals surface area contributed by atoms with Gasteiger partial charge in [0.2, 0.25) is 5.88 Å². The van der Waals surface area contributed by atoms with Crippen molar-refractivity contribution in [1.82, 2.24) is 19.8 Å². The summed E-state index contributed by atoms with van der Waals surface area (Å²) in [4.78, 5) is 14.3. The predicted octanol–water partition coefficient (Wildman–Crippen LogP) is 5.24. The summed E-state index contributed by atoms with van der Waals surface area (Å²) in [5, 5.41) is 0. The topological polar surface area (TPSA) is 114 Å². The molecule has 1 saturated heterocycles. The van der Waals surface area contributed by atoms with Crippen LogP contribution in [0.25, 0.3) is 0 Å². The zero-order chi connectivity index (χ0) is 34.8. The summed E-state index contributed by atoms with van der Waals surface area (Å²) in [5.41, 5.74) is 10.9. The maximum atomic E-state index is 14.3. The van der Waals surface area contributed by atoms with Crippen LogP contribution in [0.3, 0.4) is 0 Å². The number of nitrogens with zero attached hydrogens (tertiary/aromatic N) is 5. The first kappa shape index (κ1) is 34.8. The lowest BCUT2D eigenvalue weighted by molar-refractivity contribution is 0.0526. The highest BCUT2D eigenvalue weighted by atomic mass is 32.2. The molecule has 1 unspecified atom stereocenters. The van der Waals surface area contributed by atoms with Crippen molar-refractivity contribution in [3.63, 3.8) is 0 Å². The van der Waals surface area contributed by atoms with E-state index < -0.39 is 16.1 Å². The van der Waals surface area contributed by atoms with Gasteiger partial charge in [-0.05, 0) is 94.1 Å². The molecule has 260 valence electrons. The van der Waals surface area contributed by atoms with Crippen LogP contribution < -0.4 is 19.5 Å². The molecule has 2 atom stereocenters. The molecule has 49 heavy (non-hydrogen) atoms. The van der Waals surface area contributed by atoms with E-state index in [0.717, 1.165) is 38.0 Å². The highest BCUT2D eigenvalue weighted by Crippen LogP contribution is 2.40. The average molecular weight is 685 g/mol. The SMILES string of the molecule is COc1cc(C)c(S(=O)(=O)N2c3ccccc3C[C@H]2COc2ccnc(C(N)CCN3CCC(c4ccccc4)(N(C)C)CC3)n2)c(C)c1. The third-order valence-corrected chi connectivity index (χ3v) is 12.4. The Morgan fingerprint density at radius 3 is 2.35 bits per heavy atom. The number of methoxy groups -OCH3 is 1. The number of sulfonamides is 1. The Kier molecular flexibility index (Phi) is 10.3. The van der Waals surface area contributed by atoms with E-state index in [4.69, 9.17) is 15.2 Å². The van der Waals surface area contributed by atoms with E-state index in [1.807, 2.05) is 24.3 Å². The van der Waals surface area contributed by atoms with E-state index in [1.54, 1.807) is 45.4 Å². The lowest BCUT2D eigenvalue weighted by atomic mass is 9.80. The first-order valence-corrected chi connectivity index (χ1v) is 18.4. The number of para-hydroxylation sites is 1. The molecule has 0 spiro atoms. The van der Waals surface area contributed by atoms with Crippen molar-refractivity contribution < 1.29 is 17.9 Å². The fourth-order valence-electron chi connectivity index (χ4n) is 7.55. The summed E-state index contributed by atoms with van der Waals surface area (Å²) in [6.45, 7) is 6.55. The van der Waals surface area contributed by atoms with Gasteiger partial charge < -0.3 is 20.1 Å². The van der Waals surface area contributed by atoms with Crippen molar-refractivity contribution in [3.05, 3.63) is 107 Å². The van der Waals surface area contributed by atoms with Crippen LogP contribution in [0, 0.1) is 13.8 Å². The Morgan fingerprint density at radius 2 is 1.67 bits per heavy atom. The molecule has 3 heterocycles. The molecule has 0 radical (unpaired) electrons. The standard InChI is InChI=1S/C38H48N6O4S/c1-27-23-32(47-5)24-28(2)36(27)49(45,46)44-31(25-29-11-9-10-14-34(29)44)26-48-35-15-19-40-37(41-35)33(39)16-20-43-21-17-38(18-22-43,42(3)4)30-12-7-6-8-13-30/h6-15,19,23-24,31,33H,16-18,20-22,25-26,39H2,1-5H3/t31-,33?/m0/s1. The number of fused-ring (bicyclic) bond motifs is 1. The van der Waals surface area contributed by atoms with Gasteiger partial charge in [-0.3, -0.25) is 9.21 Å². The Balaban J connectivity index is 1.11. The minimum atomic E-state index is -3.92. The molecule has 6 rings (SSSR count). The average Bonchev–Trinajstić information content (AvgIpc) is 3.49. The number of ether oxygens (including phenoxy) is 2. The summed E-state index contributed by atoms with van der Waals surface area (Å²) < 4.78 is 41.8. The van der Waals surface area contributed by atoms with Gasteiger partial charge >= 0.3 is 0 Å². The van der Waals surface area contributed by atoms with Crippen molar-refractivity contribution in [2.75, 3.05) is 51.8 Å². The molecular formula is C38H48N6O4S. The zero-order valence-electron chi connectivity index (χ0n) is 29.2. The number of likely N-dealkylation sites (tertiary alicyclic amines) is 1. The van der Waals surface area contributed by atoms with Crippen LogP contribution in [0.5, 0.6) is 11.6 Å². The van der Waals surface area contributed by atoms with Crippen molar-refractivity contribution in [3.8, 4) is 11.6 Å². The smallest absolute Gasteiger partial charge is 0.265 e. The van der Waals surface area contributed by atoms with Gasteiger partial charge in [-0.25, -0.2) is 13.4 Å². The second-order valence-electron chi connectivity index (χ2n) is 13.5. The van der Waals surface area contributed by atoms with Crippen molar-refractivity contribution in [1.29, 1.82) is 0 Å². The molecule has 1 aromatic heterocycles. The Labute approximate surface area is 290 Å². The fourth-order valence-corrected chi connectivity index (χ4v) is 9.65. The van der Waals surface area contributed by atoms with Gasteiger partial charge in [0.15, 0.2) is 0 Å². The lowest BCUT2D eigenvalue weighted by Crippen LogP contribution is -2.50. The predicted molar refractivity (Wildman–Crippen MR) is 193 cm³/mol. The molecule has 0 amide bonds. The number of rotatable bonds is 12. The number of nitrogens with two attached hydrogens (primary N) is 1. The Morgan fingerprint density at radius 1 is 1.00 bits per heavy atom. The van der Waals surface area contributed by atoms with Crippen molar-refractivity contribution in [2.24, 2.45) is 5.73 Å². The second kappa shape index (κ2) is 14.4. The number of hydrogen-bond acceptors (Lipinski definition) is 9. The van der Waals surface area contributed by atoms with Gasteiger partial charge in [0, 0.05) is 37.4 Å². The van der Waals surface area contributed by atoms with Crippen LogP contribution in [0.1, 0.15) is 53.4 Å². The molecule has 2 aliphatic heterocycles. The molecule has 2 aliphatic rings. The maximum absolute atomic E-state index is 14.3. The van der Waals surface area contributed by atoms with Gasteiger partial charge in [0.25, 0.3) is 10.0 Å².